The monoisotopic (exact) mass is 307 g/mol. The molecular formula is C14H17N3O3S. The standard InChI is InChI=1S/C14H17N3O3S/c1-2-16(11-6-8-21(19,20)10-11)14(18)12-9-15-17-7-4-3-5-13(12)17/h3-5,7,9,11H,2,6,8,10H2,1H3. The molecule has 1 unspecified atom stereocenters. The van der Waals surface area contributed by atoms with Crippen LogP contribution in [-0.4, -0.2) is 52.9 Å². The summed E-state index contributed by atoms with van der Waals surface area (Å²) in [5.74, 6) is 0.0722. The number of amides is 1. The molecule has 21 heavy (non-hydrogen) atoms. The number of rotatable bonds is 3. The van der Waals surface area contributed by atoms with E-state index in [1.165, 1.54) is 0 Å². The van der Waals surface area contributed by atoms with Crippen LogP contribution in [0.15, 0.2) is 30.6 Å². The molecular weight excluding hydrogens is 290 g/mol. The van der Waals surface area contributed by atoms with E-state index in [0.29, 0.717) is 18.5 Å². The van der Waals surface area contributed by atoms with Crippen molar-refractivity contribution in [2.75, 3.05) is 18.1 Å². The Morgan fingerprint density at radius 3 is 2.95 bits per heavy atom. The van der Waals surface area contributed by atoms with Crippen LogP contribution in [0.5, 0.6) is 0 Å². The number of carbonyl (C=O) groups is 1. The van der Waals surface area contributed by atoms with E-state index in [1.54, 1.807) is 21.8 Å². The molecule has 0 aromatic carbocycles. The Labute approximate surface area is 123 Å². The minimum Gasteiger partial charge on any atom is -0.335 e. The smallest absolute Gasteiger partial charge is 0.257 e. The van der Waals surface area contributed by atoms with Gasteiger partial charge in [-0.15, -0.1) is 0 Å². The van der Waals surface area contributed by atoms with Gasteiger partial charge in [0.05, 0.1) is 28.8 Å². The van der Waals surface area contributed by atoms with Crippen molar-refractivity contribution in [3.63, 3.8) is 0 Å². The van der Waals surface area contributed by atoms with E-state index in [1.807, 2.05) is 25.1 Å². The highest BCUT2D eigenvalue weighted by Crippen LogP contribution is 2.21. The molecule has 1 saturated heterocycles. The van der Waals surface area contributed by atoms with Crippen LogP contribution in [0.4, 0.5) is 0 Å². The number of carbonyl (C=O) groups excluding carboxylic acids is 1. The minimum atomic E-state index is -3.01. The lowest BCUT2D eigenvalue weighted by Gasteiger charge is -2.26. The lowest BCUT2D eigenvalue weighted by Crippen LogP contribution is -2.40. The summed E-state index contributed by atoms with van der Waals surface area (Å²) in [6.45, 7) is 2.36. The van der Waals surface area contributed by atoms with E-state index in [4.69, 9.17) is 0 Å². The van der Waals surface area contributed by atoms with E-state index < -0.39 is 9.84 Å². The number of pyridine rings is 1. The van der Waals surface area contributed by atoms with Gasteiger partial charge in [0.25, 0.3) is 5.91 Å². The number of hydrogen-bond acceptors (Lipinski definition) is 4. The highest BCUT2D eigenvalue weighted by molar-refractivity contribution is 7.91. The van der Waals surface area contributed by atoms with Gasteiger partial charge in [0.15, 0.2) is 9.84 Å². The molecule has 3 heterocycles. The summed E-state index contributed by atoms with van der Waals surface area (Å²) in [6.07, 6.45) is 3.84. The van der Waals surface area contributed by atoms with Gasteiger partial charge in [-0.1, -0.05) is 6.07 Å². The first kappa shape index (κ1) is 14.1. The number of fused-ring (bicyclic) bond motifs is 1. The normalized spacial score (nSPS) is 20.7. The van der Waals surface area contributed by atoms with Crippen LogP contribution < -0.4 is 0 Å². The van der Waals surface area contributed by atoms with Crippen molar-refractivity contribution in [3.05, 3.63) is 36.2 Å². The predicted octanol–water partition coefficient (Wildman–Crippen LogP) is 0.984. The molecule has 7 heteroatoms. The molecule has 0 N–H and O–H groups in total. The molecule has 6 nitrogen and oxygen atoms in total. The first-order valence-electron chi connectivity index (χ1n) is 6.95. The van der Waals surface area contributed by atoms with Crippen LogP contribution in [-0.2, 0) is 9.84 Å². The van der Waals surface area contributed by atoms with Gasteiger partial charge in [0, 0.05) is 18.8 Å². The molecule has 1 amide bonds. The van der Waals surface area contributed by atoms with Gasteiger partial charge in [-0.3, -0.25) is 4.79 Å². The maximum absolute atomic E-state index is 12.7. The Kier molecular flexibility index (Phi) is 3.44. The maximum atomic E-state index is 12.7. The van der Waals surface area contributed by atoms with Crippen molar-refractivity contribution in [2.24, 2.45) is 0 Å². The third-order valence-electron chi connectivity index (χ3n) is 3.91. The summed E-state index contributed by atoms with van der Waals surface area (Å²) >= 11 is 0. The minimum absolute atomic E-state index is 0.0613. The van der Waals surface area contributed by atoms with Crippen molar-refractivity contribution in [1.29, 1.82) is 0 Å². The average Bonchev–Trinajstić information content (AvgIpc) is 3.03. The third-order valence-corrected chi connectivity index (χ3v) is 5.66. The van der Waals surface area contributed by atoms with Crippen molar-refractivity contribution in [1.82, 2.24) is 14.5 Å². The van der Waals surface area contributed by atoms with Crippen LogP contribution in [0, 0.1) is 0 Å². The molecule has 1 atom stereocenters. The SMILES string of the molecule is CCN(C(=O)c1cnn2ccccc12)C1CCS(=O)(=O)C1. The second-order valence-corrected chi connectivity index (χ2v) is 7.47. The highest BCUT2D eigenvalue weighted by Gasteiger charge is 2.34. The number of aromatic nitrogens is 2. The van der Waals surface area contributed by atoms with Crippen LogP contribution >= 0.6 is 0 Å². The van der Waals surface area contributed by atoms with Crippen molar-refractivity contribution in [3.8, 4) is 0 Å². The Morgan fingerprint density at radius 2 is 2.29 bits per heavy atom. The zero-order valence-corrected chi connectivity index (χ0v) is 12.6. The zero-order valence-electron chi connectivity index (χ0n) is 11.8. The molecule has 2 aromatic heterocycles. The number of nitrogens with zero attached hydrogens (tertiary/aromatic N) is 3. The lowest BCUT2D eigenvalue weighted by atomic mass is 10.1. The van der Waals surface area contributed by atoms with E-state index in [2.05, 4.69) is 5.10 Å². The molecule has 1 fully saturated rings. The highest BCUT2D eigenvalue weighted by atomic mass is 32.2. The molecule has 0 aliphatic carbocycles. The Bertz CT molecular complexity index is 782. The van der Waals surface area contributed by atoms with Gasteiger partial charge in [0.2, 0.25) is 0 Å². The second kappa shape index (κ2) is 5.14. The van der Waals surface area contributed by atoms with Gasteiger partial charge in [-0.2, -0.15) is 5.10 Å². The van der Waals surface area contributed by atoms with E-state index in [-0.39, 0.29) is 23.5 Å². The summed E-state index contributed by atoms with van der Waals surface area (Å²) in [5.41, 5.74) is 1.25. The van der Waals surface area contributed by atoms with Crippen molar-refractivity contribution < 1.29 is 13.2 Å². The van der Waals surface area contributed by atoms with Crippen LogP contribution in [0.25, 0.3) is 5.52 Å². The predicted molar refractivity (Wildman–Crippen MR) is 79.0 cm³/mol. The van der Waals surface area contributed by atoms with Crippen molar-refractivity contribution in [2.45, 2.75) is 19.4 Å². The summed E-state index contributed by atoms with van der Waals surface area (Å²) in [4.78, 5) is 14.4. The van der Waals surface area contributed by atoms with Gasteiger partial charge >= 0.3 is 0 Å². The molecule has 2 aromatic rings. The summed E-state index contributed by atoms with van der Waals surface area (Å²) in [7, 11) is -3.01. The molecule has 0 spiro atoms. The van der Waals surface area contributed by atoms with Crippen LogP contribution in [0.3, 0.4) is 0 Å². The van der Waals surface area contributed by atoms with Gasteiger partial charge in [0.1, 0.15) is 0 Å². The van der Waals surface area contributed by atoms with Crippen LogP contribution in [0.2, 0.25) is 0 Å². The summed E-state index contributed by atoms with van der Waals surface area (Å²) < 4.78 is 24.9. The molecule has 1 aliphatic heterocycles. The molecule has 3 rings (SSSR count). The maximum Gasteiger partial charge on any atom is 0.257 e. The molecule has 0 radical (unpaired) electrons. The summed E-state index contributed by atoms with van der Waals surface area (Å²) in [6, 6.07) is 5.30. The van der Waals surface area contributed by atoms with Gasteiger partial charge in [-0.25, -0.2) is 12.9 Å². The fourth-order valence-electron chi connectivity index (χ4n) is 2.84. The Balaban J connectivity index is 1.93. The molecule has 0 saturated carbocycles. The fraction of sp³-hybridized carbons (Fsp3) is 0.429. The molecule has 0 bridgehead atoms. The lowest BCUT2D eigenvalue weighted by molar-refractivity contribution is 0.0710. The Morgan fingerprint density at radius 1 is 1.48 bits per heavy atom. The average molecular weight is 307 g/mol. The topological polar surface area (TPSA) is 71.8 Å². The van der Waals surface area contributed by atoms with E-state index in [9.17, 15) is 13.2 Å². The largest absolute Gasteiger partial charge is 0.335 e. The second-order valence-electron chi connectivity index (χ2n) is 5.24. The van der Waals surface area contributed by atoms with Crippen LogP contribution in [0.1, 0.15) is 23.7 Å². The number of sulfone groups is 1. The zero-order chi connectivity index (χ0) is 15.0. The molecule has 1 aliphatic rings. The quantitative estimate of drug-likeness (QED) is 0.847. The molecule has 112 valence electrons. The van der Waals surface area contributed by atoms with Gasteiger partial charge < -0.3 is 4.90 Å². The van der Waals surface area contributed by atoms with E-state index >= 15 is 0 Å². The first-order valence-corrected chi connectivity index (χ1v) is 8.78. The van der Waals surface area contributed by atoms with Gasteiger partial charge in [-0.05, 0) is 25.5 Å². The first-order chi connectivity index (χ1) is 10.0. The third kappa shape index (κ3) is 2.53. The number of hydrogen-bond donors (Lipinski definition) is 0. The fourth-order valence-corrected chi connectivity index (χ4v) is 4.57. The Hall–Kier alpha value is -1.89. The van der Waals surface area contributed by atoms with Crippen molar-refractivity contribution >= 4 is 21.3 Å². The summed E-state index contributed by atoms with van der Waals surface area (Å²) in [5, 5.41) is 4.16. The van der Waals surface area contributed by atoms with E-state index in [0.717, 1.165) is 5.52 Å².